The van der Waals surface area contributed by atoms with Crippen molar-refractivity contribution < 1.29 is 14.3 Å². The van der Waals surface area contributed by atoms with Crippen molar-refractivity contribution in [2.75, 3.05) is 20.3 Å². The van der Waals surface area contributed by atoms with Crippen molar-refractivity contribution >= 4 is 5.91 Å². The van der Waals surface area contributed by atoms with E-state index >= 15 is 0 Å². The highest BCUT2D eigenvalue weighted by Gasteiger charge is 2.34. The lowest BCUT2D eigenvalue weighted by Crippen LogP contribution is -2.52. The first-order valence-electron chi connectivity index (χ1n) is 10.1. The van der Waals surface area contributed by atoms with Crippen molar-refractivity contribution in [3.05, 3.63) is 0 Å². The third-order valence-corrected chi connectivity index (χ3v) is 4.69. The fraction of sp³-hybridized carbons (Fsp3) is 0.955. The number of amides is 1. The molecule has 0 bridgehead atoms. The zero-order valence-electron chi connectivity index (χ0n) is 19.4. The van der Waals surface area contributed by atoms with E-state index < -0.39 is 0 Å². The highest BCUT2D eigenvalue weighted by atomic mass is 16.5. The Balaban J connectivity index is 4.91. The summed E-state index contributed by atoms with van der Waals surface area (Å²) in [5.74, 6) is 0.731. The quantitative estimate of drug-likeness (QED) is 0.495. The van der Waals surface area contributed by atoms with Crippen LogP contribution in [0.3, 0.4) is 0 Å². The summed E-state index contributed by atoms with van der Waals surface area (Å²) in [5, 5.41) is 0. The molecule has 1 amide bonds. The lowest BCUT2D eigenvalue weighted by Gasteiger charge is -2.43. The molecule has 0 aromatic heterocycles. The smallest absolute Gasteiger partial charge is 0.225 e. The van der Waals surface area contributed by atoms with Gasteiger partial charge in [-0.1, -0.05) is 34.6 Å². The van der Waals surface area contributed by atoms with E-state index in [-0.39, 0.29) is 28.6 Å². The number of hydrogen-bond donors (Lipinski definition) is 0. The molecule has 0 aliphatic rings. The summed E-state index contributed by atoms with van der Waals surface area (Å²) >= 11 is 0. The molecule has 0 aliphatic heterocycles. The largest absolute Gasteiger partial charge is 0.379 e. The fourth-order valence-corrected chi connectivity index (χ4v) is 3.25. The van der Waals surface area contributed by atoms with Crippen molar-refractivity contribution in [1.82, 2.24) is 4.90 Å². The van der Waals surface area contributed by atoms with Crippen molar-refractivity contribution in [2.45, 2.75) is 106 Å². The minimum absolute atomic E-state index is 0.0660. The molecule has 0 aliphatic carbocycles. The molecule has 156 valence electrons. The monoisotopic (exact) mass is 371 g/mol. The zero-order chi connectivity index (χ0) is 20.8. The fourth-order valence-electron chi connectivity index (χ4n) is 3.25. The third-order valence-electron chi connectivity index (χ3n) is 4.69. The number of rotatable bonds is 11. The molecule has 4 heteroatoms. The van der Waals surface area contributed by atoms with Gasteiger partial charge < -0.3 is 14.4 Å². The second-order valence-corrected chi connectivity index (χ2v) is 10.6. The number of carbonyl (C=O) groups is 1. The van der Waals surface area contributed by atoms with E-state index in [1.165, 1.54) is 0 Å². The van der Waals surface area contributed by atoms with Crippen LogP contribution in [0.25, 0.3) is 0 Å². The van der Waals surface area contributed by atoms with Gasteiger partial charge >= 0.3 is 0 Å². The molecule has 0 spiro atoms. The van der Waals surface area contributed by atoms with Gasteiger partial charge in [0, 0.05) is 25.8 Å². The lowest BCUT2D eigenvalue weighted by atomic mass is 9.87. The molecule has 0 saturated carbocycles. The lowest BCUT2D eigenvalue weighted by molar-refractivity contribution is -0.142. The molecule has 0 fully saturated rings. The van der Waals surface area contributed by atoms with Crippen molar-refractivity contribution in [2.24, 2.45) is 11.3 Å². The molecular weight excluding hydrogens is 326 g/mol. The van der Waals surface area contributed by atoms with E-state index in [9.17, 15) is 4.79 Å². The normalized spacial score (nSPS) is 14.6. The van der Waals surface area contributed by atoms with Crippen molar-refractivity contribution in [3.8, 4) is 0 Å². The summed E-state index contributed by atoms with van der Waals surface area (Å²) in [5.41, 5.74) is -0.284. The van der Waals surface area contributed by atoms with Gasteiger partial charge in [-0.2, -0.15) is 0 Å². The van der Waals surface area contributed by atoms with E-state index in [0.29, 0.717) is 18.9 Å². The van der Waals surface area contributed by atoms with Crippen LogP contribution in [0.4, 0.5) is 0 Å². The summed E-state index contributed by atoms with van der Waals surface area (Å²) in [4.78, 5) is 15.2. The highest BCUT2D eigenvalue weighted by Crippen LogP contribution is 2.29. The van der Waals surface area contributed by atoms with Crippen LogP contribution >= 0.6 is 0 Å². The summed E-state index contributed by atoms with van der Waals surface area (Å²) in [6.07, 6.45) is 2.14. The first-order chi connectivity index (χ1) is 11.6. The number of methoxy groups -OCH3 is 1. The number of nitrogens with zero attached hydrogens (tertiary/aromatic N) is 1. The van der Waals surface area contributed by atoms with Gasteiger partial charge in [0.2, 0.25) is 5.91 Å². The Kier molecular flexibility index (Phi) is 9.84. The van der Waals surface area contributed by atoms with Gasteiger partial charge in [-0.15, -0.1) is 0 Å². The van der Waals surface area contributed by atoms with Crippen LogP contribution in [0.15, 0.2) is 0 Å². The second-order valence-electron chi connectivity index (χ2n) is 10.6. The van der Waals surface area contributed by atoms with E-state index in [0.717, 1.165) is 19.4 Å². The van der Waals surface area contributed by atoms with Gasteiger partial charge in [-0.3, -0.25) is 4.79 Å². The van der Waals surface area contributed by atoms with Crippen LogP contribution < -0.4 is 0 Å². The molecule has 1 atom stereocenters. The van der Waals surface area contributed by atoms with Crippen LogP contribution in [0.1, 0.15) is 88.5 Å². The molecule has 4 nitrogen and oxygen atoms in total. The van der Waals surface area contributed by atoms with Crippen LogP contribution in [0.5, 0.6) is 0 Å². The molecule has 1 unspecified atom stereocenters. The summed E-state index contributed by atoms with van der Waals surface area (Å²) < 4.78 is 11.3. The summed E-state index contributed by atoms with van der Waals surface area (Å²) in [6, 6.07) is 0. The van der Waals surface area contributed by atoms with Gasteiger partial charge in [0.15, 0.2) is 0 Å². The Labute approximate surface area is 163 Å². The number of hydrogen-bond acceptors (Lipinski definition) is 3. The molecule has 26 heavy (non-hydrogen) atoms. The third kappa shape index (κ3) is 10.5. The Hall–Kier alpha value is -0.610. The molecule has 0 heterocycles. The maximum absolute atomic E-state index is 13.1. The molecule has 0 saturated heterocycles. The second kappa shape index (κ2) is 10.1. The van der Waals surface area contributed by atoms with Crippen molar-refractivity contribution in [1.29, 1.82) is 0 Å². The Morgan fingerprint density at radius 2 is 1.54 bits per heavy atom. The highest BCUT2D eigenvalue weighted by molar-refractivity contribution is 5.77. The van der Waals surface area contributed by atoms with Gasteiger partial charge in [0.1, 0.15) is 0 Å². The van der Waals surface area contributed by atoms with Gasteiger partial charge in [-0.25, -0.2) is 0 Å². The topological polar surface area (TPSA) is 38.8 Å². The van der Waals surface area contributed by atoms with E-state index in [1.54, 1.807) is 7.11 Å². The van der Waals surface area contributed by atoms with Gasteiger partial charge in [0.25, 0.3) is 0 Å². The van der Waals surface area contributed by atoms with Crippen LogP contribution in [-0.4, -0.2) is 48.3 Å². The number of carbonyl (C=O) groups excluding carboxylic acids is 1. The minimum atomic E-state index is -0.193. The average Bonchev–Trinajstić information content (AvgIpc) is 2.42. The molecule has 0 radical (unpaired) electrons. The Morgan fingerprint density at radius 1 is 1.00 bits per heavy atom. The predicted molar refractivity (Wildman–Crippen MR) is 110 cm³/mol. The first kappa shape index (κ1) is 25.4. The molecule has 0 N–H and O–H groups in total. The first-order valence-corrected chi connectivity index (χ1v) is 10.1. The number of ether oxygens (including phenoxy) is 2. The summed E-state index contributed by atoms with van der Waals surface area (Å²) in [6.45, 7) is 22.8. The maximum Gasteiger partial charge on any atom is 0.225 e. The van der Waals surface area contributed by atoms with Crippen LogP contribution in [-0.2, 0) is 14.3 Å². The van der Waals surface area contributed by atoms with Crippen LogP contribution in [0.2, 0.25) is 0 Å². The molecule has 0 rings (SSSR count). The van der Waals surface area contributed by atoms with E-state index in [2.05, 4.69) is 53.4 Å². The Morgan fingerprint density at radius 3 is 1.96 bits per heavy atom. The van der Waals surface area contributed by atoms with Gasteiger partial charge in [-0.05, 0) is 58.8 Å². The molecule has 0 aromatic rings. The average molecular weight is 372 g/mol. The standard InChI is InChI=1S/C22H45NO3/c1-17(2)15-21(7,8)23(16-20(4,5)6)19(24)14-18(3)26-13-12-22(9,10)25-11/h17-18H,12-16H2,1-11H3. The van der Waals surface area contributed by atoms with E-state index in [4.69, 9.17) is 9.47 Å². The van der Waals surface area contributed by atoms with Crippen molar-refractivity contribution in [3.63, 3.8) is 0 Å². The van der Waals surface area contributed by atoms with Gasteiger partial charge in [0.05, 0.1) is 18.1 Å². The zero-order valence-corrected chi connectivity index (χ0v) is 19.4. The SMILES string of the molecule is COC(C)(C)CCOC(C)CC(=O)N(CC(C)(C)C)C(C)(C)CC(C)C. The molecular formula is C22H45NO3. The molecule has 0 aromatic carbocycles. The predicted octanol–water partition coefficient (Wildman–Crippen LogP) is 5.30. The Bertz CT molecular complexity index is 422. The van der Waals surface area contributed by atoms with E-state index in [1.807, 2.05) is 20.8 Å². The maximum atomic E-state index is 13.1. The summed E-state index contributed by atoms with van der Waals surface area (Å²) in [7, 11) is 1.72. The van der Waals surface area contributed by atoms with Crippen LogP contribution in [0, 0.1) is 11.3 Å². The minimum Gasteiger partial charge on any atom is -0.379 e.